The van der Waals surface area contributed by atoms with Gasteiger partial charge >= 0.3 is 11.9 Å². The molecule has 0 aliphatic rings. The van der Waals surface area contributed by atoms with Gasteiger partial charge in [-0.05, 0) is 25.7 Å². The summed E-state index contributed by atoms with van der Waals surface area (Å²) in [6.07, 6.45) is 56.7. The van der Waals surface area contributed by atoms with Crippen molar-refractivity contribution in [3.63, 3.8) is 0 Å². The molecule has 0 bridgehead atoms. The number of hydrogen-bond donors (Lipinski definition) is 1. The molecule has 0 fully saturated rings. The summed E-state index contributed by atoms with van der Waals surface area (Å²) in [5, 5.41) is 9.42. The highest BCUT2D eigenvalue weighted by Crippen LogP contribution is 2.20. The molecule has 0 amide bonds. The zero-order chi connectivity index (χ0) is 41.3. The van der Waals surface area contributed by atoms with Crippen molar-refractivity contribution in [3.8, 4) is 0 Å². The van der Waals surface area contributed by atoms with Crippen molar-refractivity contribution in [1.82, 2.24) is 0 Å². The Kier molecular flexibility index (Phi) is 52.9. The molecule has 0 heterocycles. The van der Waals surface area contributed by atoms with Gasteiger partial charge in [-0.25, -0.2) is 0 Å². The maximum absolute atomic E-state index is 11.7. The summed E-state index contributed by atoms with van der Waals surface area (Å²) in [6.45, 7) is 9.67. The van der Waals surface area contributed by atoms with Gasteiger partial charge in [-0.2, -0.15) is 0 Å². The third-order valence-electron chi connectivity index (χ3n) is 11.9. The van der Waals surface area contributed by atoms with Gasteiger partial charge in [0, 0.05) is 6.42 Å². The van der Waals surface area contributed by atoms with Gasteiger partial charge in [0.1, 0.15) is 0 Å². The third kappa shape index (κ3) is 51.0. The Morgan fingerprint density at radius 2 is 0.571 bits per heavy atom. The zero-order valence-electron chi connectivity index (χ0n) is 39.1. The molecule has 0 aromatic rings. The second-order valence-corrected chi connectivity index (χ2v) is 17.7. The van der Waals surface area contributed by atoms with Crippen LogP contribution >= 0.6 is 0 Å². The van der Waals surface area contributed by atoms with Crippen LogP contribution in [-0.4, -0.2) is 23.7 Å². The molecule has 0 aromatic heterocycles. The highest BCUT2D eigenvalue weighted by Gasteiger charge is 2.16. The first-order valence-corrected chi connectivity index (χ1v) is 25.9. The molecule has 4 nitrogen and oxygen atoms in total. The summed E-state index contributed by atoms with van der Waals surface area (Å²) in [5.74, 6) is -0.644. The number of carboxylic acid groups (broad SMARTS) is 1. The monoisotopic (exact) mass is 793 g/mol. The standard InChI is InChI=1S/2C26H52O2/c1-3-5-7-9-11-12-13-14-15-16-17-18-20-22-24-25(26(27)28)23-21-19-10-8-6-4-2;1-3-5-7-9-11-12-13-14-15-16-17-19-21-23-25-28-26(27)24-22-20-18-10-8-6-4-2/h25H,3-24H2,1-2H3,(H,27,28);3-25H2,1-2H3. The predicted molar refractivity (Wildman–Crippen MR) is 248 cm³/mol. The fraction of sp³-hybridized carbons (Fsp3) is 0.962. The Morgan fingerprint density at radius 1 is 0.339 bits per heavy atom. The van der Waals surface area contributed by atoms with E-state index < -0.39 is 5.97 Å². The highest BCUT2D eigenvalue weighted by atomic mass is 16.5. The minimum atomic E-state index is -0.566. The second kappa shape index (κ2) is 52.0. The van der Waals surface area contributed by atoms with E-state index in [1.807, 2.05) is 0 Å². The summed E-state index contributed by atoms with van der Waals surface area (Å²) in [6, 6.07) is 0. The average Bonchev–Trinajstić information content (AvgIpc) is 3.19. The minimum absolute atomic E-state index is 0.0169. The van der Waals surface area contributed by atoms with Gasteiger partial charge in [-0.1, -0.05) is 278 Å². The Morgan fingerprint density at radius 3 is 0.839 bits per heavy atom. The molecule has 0 spiro atoms. The molecule has 0 saturated carbocycles. The number of esters is 1. The molecule has 1 unspecified atom stereocenters. The molecule has 0 radical (unpaired) electrons. The maximum Gasteiger partial charge on any atom is 0.306 e. The molecular weight excluding hydrogens is 689 g/mol. The molecule has 0 aliphatic carbocycles. The lowest BCUT2D eigenvalue weighted by Gasteiger charge is -2.12. The van der Waals surface area contributed by atoms with Crippen molar-refractivity contribution in [2.75, 3.05) is 6.61 Å². The normalized spacial score (nSPS) is 11.7. The Bertz CT molecular complexity index is 734. The van der Waals surface area contributed by atoms with E-state index in [2.05, 4.69) is 27.7 Å². The van der Waals surface area contributed by atoms with Crippen molar-refractivity contribution in [2.24, 2.45) is 5.92 Å². The van der Waals surface area contributed by atoms with E-state index in [0.717, 1.165) is 38.5 Å². The van der Waals surface area contributed by atoms with E-state index in [0.29, 0.717) is 13.0 Å². The summed E-state index contributed by atoms with van der Waals surface area (Å²) in [4.78, 5) is 23.1. The molecule has 0 aliphatic heterocycles. The number of hydrogen-bond acceptors (Lipinski definition) is 3. The number of carbonyl (C=O) groups excluding carboxylic acids is 1. The first kappa shape index (κ1) is 57.0. The second-order valence-electron chi connectivity index (χ2n) is 17.7. The quantitative estimate of drug-likeness (QED) is 0.0492. The fourth-order valence-electron chi connectivity index (χ4n) is 7.93. The van der Waals surface area contributed by atoms with Crippen molar-refractivity contribution >= 4 is 11.9 Å². The number of aliphatic carboxylic acids is 1. The largest absolute Gasteiger partial charge is 0.481 e. The molecule has 0 aromatic carbocycles. The van der Waals surface area contributed by atoms with Crippen LogP contribution in [0.2, 0.25) is 0 Å². The van der Waals surface area contributed by atoms with Gasteiger partial charge in [-0.3, -0.25) is 9.59 Å². The first-order chi connectivity index (χ1) is 27.5. The van der Waals surface area contributed by atoms with Crippen LogP contribution in [0.1, 0.15) is 310 Å². The Labute approximate surface area is 353 Å². The lowest BCUT2D eigenvalue weighted by atomic mass is 9.94. The van der Waals surface area contributed by atoms with Crippen LogP contribution in [0.25, 0.3) is 0 Å². The maximum atomic E-state index is 11.7. The predicted octanol–water partition coefficient (Wildman–Crippen LogP) is 18.5. The molecular formula is C52H104O4. The number of ether oxygens (including phenoxy) is 1. The van der Waals surface area contributed by atoms with Crippen LogP contribution in [0, 0.1) is 5.92 Å². The van der Waals surface area contributed by atoms with Crippen molar-refractivity contribution in [3.05, 3.63) is 0 Å². The van der Waals surface area contributed by atoms with E-state index in [9.17, 15) is 14.7 Å². The molecule has 336 valence electrons. The van der Waals surface area contributed by atoms with Gasteiger partial charge in [0.15, 0.2) is 0 Å². The number of unbranched alkanes of at least 4 members (excludes halogenated alkanes) is 37. The Balaban J connectivity index is 0. The van der Waals surface area contributed by atoms with Gasteiger partial charge in [0.05, 0.1) is 12.5 Å². The lowest BCUT2D eigenvalue weighted by Crippen LogP contribution is -2.13. The average molecular weight is 793 g/mol. The lowest BCUT2D eigenvalue weighted by molar-refractivity contribution is -0.144. The van der Waals surface area contributed by atoms with Gasteiger partial charge in [0.2, 0.25) is 0 Å². The summed E-state index contributed by atoms with van der Waals surface area (Å²) in [5.41, 5.74) is 0. The van der Waals surface area contributed by atoms with Crippen LogP contribution in [0.3, 0.4) is 0 Å². The van der Waals surface area contributed by atoms with E-state index in [4.69, 9.17) is 4.74 Å². The molecule has 1 N–H and O–H groups in total. The van der Waals surface area contributed by atoms with E-state index in [1.165, 1.54) is 238 Å². The van der Waals surface area contributed by atoms with Gasteiger partial charge in [-0.15, -0.1) is 0 Å². The van der Waals surface area contributed by atoms with E-state index in [1.54, 1.807) is 0 Å². The summed E-state index contributed by atoms with van der Waals surface area (Å²) < 4.78 is 5.36. The molecule has 0 rings (SSSR count). The van der Waals surface area contributed by atoms with Gasteiger partial charge < -0.3 is 9.84 Å². The highest BCUT2D eigenvalue weighted by molar-refractivity contribution is 5.70. The number of carboxylic acids is 1. The van der Waals surface area contributed by atoms with Crippen LogP contribution in [0.4, 0.5) is 0 Å². The summed E-state index contributed by atoms with van der Waals surface area (Å²) >= 11 is 0. The van der Waals surface area contributed by atoms with Crippen molar-refractivity contribution in [1.29, 1.82) is 0 Å². The number of rotatable bonds is 46. The van der Waals surface area contributed by atoms with Crippen molar-refractivity contribution < 1.29 is 19.4 Å². The fourth-order valence-corrected chi connectivity index (χ4v) is 7.93. The molecule has 56 heavy (non-hydrogen) atoms. The number of carbonyl (C=O) groups is 2. The van der Waals surface area contributed by atoms with Crippen LogP contribution in [0.15, 0.2) is 0 Å². The minimum Gasteiger partial charge on any atom is -0.481 e. The summed E-state index contributed by atoms with van der Waals surface area (Å²) in [7, 11) is 0. The first-order valence-electron chi connectivity index (χ1n) is 25.9. The van der Waals surface area contributed by atoms with Gasteiger partial charge in [0.25, 0.3) is 0 Å². The van der Waals surface area contributed by atoms with E-state index in [-0.39, 0.29) is 11.9 Å². The third-order valence-corrected chi connectivity index (χ3v) is 11.9. The van der Waals surface area contributed by atoms with Crippen LogP contribution in [-0.2, 0) is 14.3 Å². The molecule has 1 atom stereocenters. The van der Waals surface area contributed by atoms with Crippen LogP contribution < -0.4 is 0 Å². The van der Waals surface area contributed by atoms with Crippen LogP contribution in [0.5, 0.6) is 0 Å². The van der Waals surface area contributed by atoms with E-state index >= 15 is 0 Å². The van der Waals surface area contributed by atoms with Crippen molar-refractivity contribution in [2.45, 2.75) is 310 Å². The topological polar surface area (TPSA) is 63.6 Å². The SMILES string of the molecule is CCCCCCCCCCCCCCCCC(CCCCCCCC)C(=O)O.CCCCCCCCCCCCCCCCOC(=O)CCCCCCCCC. The smallest absolute Gasteiger partial charge is 0.306 e. The Hall–Kier alpha value is -1.06. The molecule has 4 heteroatoms. The zero-order valence-corrected chi connectivity index (χ0v) is 39.1. The molecule has 0 saturated heterocycles.